The third-order valence-electron chi connectivity index (χ3n) is 5.94. The zero-order valence-electron chi connectivity index (χ0n) is 19.2. The van der Waals surface area contributed by atoms with Crippen molar-refractivity contribution in [2.75, 3.05) is 12.8 Å². The lowest BCUT2D eigenvalue weighted by molar-refractivity contribution is 0.108. The molecule has 4 rings (SSSR count). The molecule has 3 N–H and O–H groups in total. The number of aliphatic hydroxyl groups is 1. The molecule has 35 heavy (non-hydrogen) atoms. The van der Waals surface area contributed by atoms with Gasteiger partial charge in [-0.3, -0.25) is 4.98 Å². The van der Waals surface area contributed by atoms with E-state index >= 15 is 4.39 Å². The fourth-order valence-electron chi connectivity index (χ4n) is 3.80. The Morgan fingerprint density at radius 2 is 1.63 bits per heavy atom. The van der Waals surface area contributed by atoms with Crippen LogP contribution < -0.4 is 5.73 Å². The minimum atomic E-state index is -4.04. The summed E-state index contributed by atoms with van der Waals surface area (Å²) in [6.45, 7) is 1.64. The van der Waals surface area contributed by atoms with Crippen molar-refractivity contribution in [1.29, 1.82) is 0 Å². The van der Waals surface area contributed by atoms with E-state index in [0.29, 0.717) is 22.4 Å². The molecule has 0 fully saturated rings. The molecular weight excluding hydrogens is 467 g/mol. The van der Waals surface area contributed by atoms with Crippen LogP contribution in [0.3, 0.4) is 0 Å². The Morgan fingerprint density at radius 3 is 2.29 bits per heavy atom. The van der Waals surface area contributed by atoms with Crippen molar-refractivity contribution in [3.63, 3.8) is 0 Å². The molecule has 3 aromatic carbocycles. The number of halogens is 1. The lowest BCUT2D eigenvalue weighted by Crippen LogP contribution is -2.39. The minimum Gasteiger partial charge on any atom is -0.387 e. The monoisotopic (exact) mass is 492 g/mol. The summed E-state index contributed by atoms with van der Waals surface area (Å²) < 4.78 is 43.4. The number of hydrogen-bond donors (Lipinski definition) is 2. The van der Waals surface area contributed by atoms with E-state index < -0.39 is 28.0 Å². The molecule has 1 heterocycles. The van der Waals surface area contributed by atoms with Crippen molar-refractivity contribution in [3.8, 4) is 22.4 Å². The first-order valence-electron chi connectivity index (χ1n) is 10.9. The van der Waals surface area contributed by atoms with E-state index in [-0.39, 0.29) is 16.3 Å². The fourth-order valence-corrected chi connectivity index (χ4v) is 5.38. The van der Waals surface area contributed by atoms with Gasteiger partial charge in [0, 0.05) is 18.2 Å². The largest absolute Gasteiger partial charge is 0.387 e. The van der Waals surface area contributed by atoms with E-state index in [1.54, 1.807) is 55.5 Å². The molecule has 0 saturated carbocycles. The average Bonchev–Trinajstić information content (AvgIpc) is 2.88. The fraction of sp³-hybridized carbons (Fsp3) is 0.154. The number of nitrogens with zero attached hydrogens (tertiary/aromatic N) is 3. The van der Waals surface area contributed by atoms with Crippen LogP contribution in [0.15, 0.2) is 90.1 Å². The average molecular weight is 493 g/mol. The first kappa shape index (κ1) is 24.5. The molecule has 0 aliphatic rings. The number of aromatic nitrogens is 2. The molecule has 9 heteroatoms. The Kier molecular flexibility index (Phi) is 6.93. The van der Waals surface area contributed by atoms with E-state index in [2.05, 4.69) is 9.97 Å². The Morgan fingerprint density at radius 1 is 0.943 bits per heavy atom. The standard InChI is InChI=1S/C26H25FN4O3S/c1-17(26(32)18-8-4-3-5-9-18)31(2)35(33,34)24-11-7-6-10-20(24)19-12-13-21(22(27)14-19)23-15-30-25(28)16-29-23/h3-17,26,32H,1-2H3,(H2,28,30)/t17-,26+/m0/s1. The van der Waals surface area contributed by atoms with Gasteiger partial charge < -0.3 is 10.8 Å². The van der Waals surface area contributed by atoms with Gasteiger partial charge in [-0.05, 0) is 36.2 Å². The molecule has 0 spiro atoms. The summed E-state index contributed by atoms with van der Waals surface area (Å²) >= 11 is 0. The van der Waals surface area contributed by atoms with Crippen LogP contribution in [-0.2, 0) is 10.0 Å². The molecule has 0 aliphatic carbocycles. The second-order valence-corrected chi connectivity index (χ2v) is 10.1. The van der Waals surface area contributed by atoms with Crippen LogP contribution in [0.2, 0.25) is 0 Å². The van der Waals surface area contributed by atoms with Crippen molar-refractivity contribution < 1.29 is 17.9 Å². The number of hydrogen-bond acceptors (Lipinski definition) is 6. The first-order chi connectivity index (χ1) is 16.7. The molecule has 2 atom stereocenters. The van der Waals surface area contributed by atoms with Gasteiger partial charge in [-0.2, -0.15) is 4.31 Å². The van der Waals surface area contributed by atoms with Crippen LogP contribution in [0.5, 0.6) is 0 Å². The number of nitrogen functional groups attached to an aromatic ring is 1. The lowest BCUT2D eigenvalue weighted by atomic mass is 10.0. The number of benzene rings is 3. The van der Waals surface area contributed by atoms with Crippen LogP contribution in [-0.4, -0.2) is 40.9 Å². The van der Waals surface area contributed by atoms with Crippen molar-refractivity contribution in [2.24, 2.45) is 0 Å². The Balaban J connectivity index is 1.69. The molecule has 0 bridgehead atoms. The summed E-state index contributed by atoms with van der Waals surface area (Å²) in [7, 11) is -2.61. The van der Waals surface area contributed by atoms with Gasteiger partial charge in [0.1, 0.15) is 11.6 Å². The van der Waals surface area contributed by atoms with Gasteiger partial charge >= 0.3 is 0 Å². The summed E-state index contributed by atoms with van der Waals surface area (Å²) in [5, 5.41) is 10.8. The normalized spacial score (nSPS) is 13.5. The second-order valence-electron chi connectivity index (χ2n) is 8.13. The highest BCUT2D eigenvalue weighted by molar-refractivity contribution is 7.89. The first-order valence-corrected chi connectivity index (χ1v) is 12.3. The summed E-state index contributed by atoms with van der Waals surface area (Å²) in [5.74, 6) is -0.351. The highest BCUT2D eigenvalue weighted by atomic mass is 32.2. The maximum absolute atomic E-state index is 15.0. The van der Waals surface area contributed by atoms with Gasteiger partial charge in [-0.25, -0.2) is 17.8 Å². The quantitative estimate of drug-likeness (QED) is 0.399. The van der Waals surface area contributed by atoms with E-state index in [1.165, 1.54) is 37.6 Å². The van der Waals surface area contributed by atoms with Gasteiger partial charge in [0.25, 0.3) is 0 Å². The lowest BCUT2D eigenvalue weighted by Gasteiger charge is -2.29. The molecule has 7 nitrogen and oxygen atoms in total. The molecule has 4 aromatic rings. The topological polar surface area (TPSA) is 109 Å². The van der Waals surface area contributed by atoms with E-state index in [4.69, 9.17) is 5.73 Å². The Labute approximate surface area is 203 Å². The predicted molar refractivity (Wildman–Crippen MR) is 133 cm³/mol. The molecule has 0 aliphatic heterocycles. The van der Waals surface area contributed by atoms with E-state index in [1.807, 2.05) is 6.07 Å². The third kappa shape index (κ3) is 4.93. The van der Waals surface area contributed by atoms with Crippen LogP contribution in [0.4, 0.5) is 10.2 Å². The van der Waals surface area contributed by atoms with Crippen molar-refractivity contribution in [2.45, 2.75) is 24.0 Å². The highest BCUT2D eigenvalue weighted by Gasteiger charge is 2.32. The number of aliphatic hydroxyl groups excluding tert-OH is 1. The van der Waals surface area contributed by atoms with Gasteiger partial charge in [0.2, 0.25) is 10.0 Å². The van der Waals surface area contributed by atoms with Gasteiger partial charge in [0.15, 0.2) is 0 Å². The second kappa shape index (κ2) is 9.91. The molecule has 0 saturated heterocycles. The Hall–Kier alpha value is -3.66. The minimum absolute atomic E-state index is 0.00837. The van der Waals surface area contributed by atoms with Gasteiger partial charge in [-0.1, -0.05) is 54.6 Å². The van der Waals surface area contributed by atoms with Gasteiger partial charge in [-0.15, -0.1) is 0 Å². The van der Waals surface area contributed by atoms with Crippen molar-refractivity contribution >= 4 is 15.8 Å². The maximum Gasteiger partial charge on any atom is 0.243 e. The molecule has 0 radical (unpaired) electrons. The zero-order valence-corrected chi connectivity index (χ0v) is 20.0. The van der Waals surface area contributed by atoms with Crippen molar-refractivity contribution in [1.82, 2.24) is 14.3 Å². The Bertz CT molecular complexity index is 1430. The number of likely N-dealkylation sites (N-methyl/N-ethyl adjacent to an activating group) is 1. The van der Waals surface area contributed by atoms with Crippen LogP contribution in [0.25, 0.3) is 22.4 Å². The number of anilines is 1. The predicted octanol–water partition coefficient (Wildman–Crippen LogP) is 4.27. The summed E-state index contributed by atoms with van der Waals surface area (Å²) in [5.41, 5.74) is 7.43. The van der Waals surface area contributed by atoms with Crippen molar-refractivity contribution in [3.05, 3.63) is 96.6 Å². The van der Waals surface area contributed by atoms with E-state index in [9.17, 15) is 13.5 Å². The smallest absolute Gasteiger partial charge is 0.243 e. The molecule has 0 unspecified atom stereocenters. The number of nitrogens with two attached hydrogens (primary N) is 1. The van der Waals surface area contributed by atoms with Crippen LogP contribution >= 0.6 is 0 Å². The number of rotatable bonds is 7. The SMILES string of the molecule is C[C@@H]([C@@H](O)c1ccccc1)N(C)S(=O)(=O)c1ccccc1-c1ccc(-c2cnc(N)cn2)c(F)c1. The summed E-state index contributed by atoms with van der Waals surface area (Å²) in [6, 6.07) is 18.9. The van der Waals surface area contributed by atoms with Crippen LogP contribution in [0, 0.1) is 5.82 Å². The third-order valence-corrected chi connectivity index (χ3v) is 7.95. The zero-order chi connectivity index (χ0) is 25.2. The molecule has 1 aromatic heterocycles. The van der Waals surface area contributed by atoms with Gasteiger partial charge in [0.05, 0.1) is 35.1 Å². The highest BCUT2D eigenvalue weighted by Crippen LogP contribution is 2.33. The number of sulfonamides is 1. The molecule has 180 valence electrons. The maximum atomic E-state index is 15.0. The summed E-state index contributed by atoms with van der Waals surface area (Å²) in [4.78, 5) is 8.05. The van der Waals surface area contributed by atoms with Crippen LogP contribution in [0.1, 0.15) is 18.6 Å². The molecule has 0 amide bonds. The van der Waals surface area contributed by atoms with E-state index in [0.717, 1.165) is 4.31 Å². The summed E-state index contributed by atoms with van der Waals surface area (Å²) in [6.07, 6.45) is 1.69. The molecular formula is C26H25FN4O3S.